The van der Waals surface area contributed by atoms with Gasteiger partial charge in [0.2, 0.25) is 0 Å². The van der Waals surface area contributed by atoms with E-state index in [1.54, 1.807) is 39.0 Å². The predicted molar refractivity (Wildman–Crippen MR) is 76.9 cm³/mol. The van der Waals surface area contributed by atoms with Gasteiger partial charge in [-0.05, 0) is 55.8 Å². The van der Waals surface area contributed by atoms with Gasteiger partial charge in [0.05, 0.1) is 5.69 Å². The van der Waals surface area contributed by atoms with Crippen molar-refractivity contribution in [2.45, 2.75) is 38.6 Å². The Morgan fingerprint density at radius 1 is 1.50 bits per heavy atom. The van der Waals surface area contributed by atoms with E-state index in [1.165, 1.54) is 6.92 Å². The first-order valence-electron chi connectivity index (χ1n) is 5.49. The van der Waals surface area contributed by atoms with Crippen LogP contribution in [-0.4, -0.2) is 26.2 Å². The highest BCUT2D eigenvalue weighted by Crippen LogP contribution is 2.20. The van der Waals surface area contributed by atoms with Gasteiger partial charge in [0, 0.05) is 0 Å². The number of hydrogen-bond acceptors (Lipinski definition) is 3. The second kappa shape index (κ2) is 6.12. The van der Waals surface area contributed by atoms with Crippen LogP contribution in [0.2, 0.25) is 0 Å². The van der Waals surface area contributed by atoms with Gasteiger partial charge in [0.1, 0.15) is 26.9 Å². The van der Waals surface area contributed by atoms with Crippen LogP contribution in [0.3, 0.4) is 0 Å². The van der Waals surface area contributed by atoms with Crippen LogP contribution in [0, 0.1) is 0 Å². The average molecular weight is 335 g/mol. The lowest BCUT2D eigenvalue weighted by Gasteiger charge is -2.19. The maximum atomic E-state index is 13.6. The summed E-state index contributed by atoms with van der Waals surface area (Å²) in [5, 5.41) is 0. The van der Waals surface area contributed by atoms with Gasteiger partial charge in [0.15, 0.2) is 5.71 Å². The van der Waals surface area contributed by atoms with E-state index in [2.05, 4.69) is 25.3 Å². The van der Waals surface area contributed by atoms with E-state index in [0.29, 0.717) is 10.3 Å². The Morgan fingerprint density at radius 2 is 2.11 bits per heavy atom. The SMILES string of the molecule is CC(F)C(=N[S+]([O-])C(C)(C)C)c1cccc(Br)n1. The van der Waals surface area contributed by atoms with E-state index >= 15 is 0 Å². The largest absolute Gasteiger partial charge is 0.591 e. The van der Waals surface area contributed by atoms with Crippen LogP contribution in [-0.2, 0) is 11.4 Å². The molecule has 100 valence electrons. The second-order valence-electron chi connectivity index (χ2n) is 4.80. The molecule has 6 heteroatoms. The van der Waals surface area contributed by atoms with Crippen molar-refractivity contribution in [3.05, 3.63) is 28.5 Å². The lowest BCUT2D eigenvalue weighted by atomic mass is 10.2. The zero-order valence-corrected chi connectivity index (χ0v) is 13.2. The molecule has 0 saturated carbocycles. The first kappa shape index (κ1) is 15.6. The first-order valence-corrected chi connectivity index (χ1v) is 7.39. The van der Waals surface area contributed by atoms with Gasteiger partial charge in [-0.3, -0.25) is 0 Å². The minimum atomic E-state index is -1.50. The summed E-state index contributed by atoms with van der Waals surface area (Å²) in [6, 6.07) is 5.13. The molecule has 0 N–H and O–H groups in total. The van der Waals surface area contributed by atoms with Crippen LogP contribution < -0.4 is 0 Å². The maximum absolute atomic E-state index is 13.6. The van der Waals surface area contributed by atoms with Crippen molar-refractivity contribution in [2.75, 3.05) is 0 Å². The van der Waals surface area contributed by atoms with Gasteiger partial charge < -0.3 is 4.55 Å². The average Bonchev–Trinajstić information content (AvgIpc) is 2.23. The van der Waals surface area contributed by atoms with E-state index in [4.69, 9.17) is 0 Å². The van der Waals surface area contributed by atoms with Crippen molar-refractivity contribution >= 4 is 33.0 Å². The standard InChI is InChI=1S/C12H16BrFN2OS/c1-8(14)11(16-18(17)12(2,3)4)9-6-5-7-10(13)15-9/h5-8H,1-4H3. The molecular weight excluding hydrogens is 319 g/mol. The van der Waals surface area contributed by atoms with Crippen LogP contribution in [0.1, 0.15) is 33.4 Å². The van der Waals surface area contributed by atoms with E-state index in [-0.39, 0.29) is 5.71 Å². The summed E-state index contributed by atoms with van der Waals surface area (Å²) in [6.45, 7) is 6.74. The van der Waals surface area contributed by atoms with Crippen LogP contribution in [0.15, 0.2) is 27.2 Å². The molecule has 0 aromatic carbocycles. The first-order chi connectivity index (χ1) is 8.21. The molecule has 0 bridgehead atoms. The van der Waals surface area contributed by atoms with E-state index in [9.17, 15) is 8.94 Å². The highest BCUT2D eigenvalue weighted by Gasteiger charge is 2.29. The molecule has 0 aliphatic rings. The van der Waals surface area contributed by atoms with Crippen LogP contribution in [0.25, 0.3) is 0 Å². The van der Waals surface area contributed by atoms with Crippen LogP contribution in [0.5, 0.6) is 0 Å². The molecule has 0 radical (unpaired) electrons. The van der Waals surface area contributed by atoms with Gasteiger partial charge >= 0.3 is 0 Å². The minimum Gasteiger partial charge on any atom is -0.591 e. The third-order valence-corrected chi connectivity index (χ3v) is 3.91. The Balaban J connectivity index is 3.15. The molecule has 0 spiro atoms. The zero-order chi connectivity index (χ0) is 13.9. The fourth-order valence-electron chi connectivity index (χ4n) is 1.10. The van der Waals surface area contributed by atoms with Gasteiger partial charge in [-0.1, -0.05) is 10.5 Å². The lowest BCUT2D eigenvalue weighted by Crippen LogP contribution is -2.29. The van der Waals surface area contributed by atoms with Crippen molar-refractivity contribution in [3.8, 4) is 0 Å². The topological polar surface area (TPSA) is 48.3 Å². The Morgan fingerprint density at radius 3 is 2.56 bits per heavy atom. The zero-order valence-electron chi connectivity index (χ0n) is 10.8. The summed E-state index contributed by atoms with van der Waals surface area (Å²) < 4.78 is 29.6. The number of pyridine rings is 1. The Bertz CT molecular complexity index is 446. The molecule has 0 fully saturated rings. The highest BCUT2D eigenvalue weighted by atomic mass is 79.9. The van der Waals surface area contributed by atoms with Crippen LogP contribution in [0.4, 0.5) is 4.39 Å². The fourth-order valence-corrected chi connectivity index (χ4v) is 2.14. The normalized spacial score (nSPS) is 16.5. The summed E-state index contributed by atoms with van der Waals surface area (Å²) in [7, 11) is 0. The van der Waals surface area contributed by atoms with E-state index in [0.717, 1.165) is 0 Å². The number of aromatic nitrogens is 1. The number of hydrogen-bond donors (Lipinski definition) is 0. The molecule has 0 saturated heterocycles. The molecule has 0 amide bonds. The highest BCUT2D eigenvalue weighted by molar-refractivity contribution is 9.10. The van der Waals surface area contributed by atoms with E-state index in [1.807, 2.05) is 0 Å². The molecule has 2 unspecified atom stereocenters. The van der Waals surface area contributed by atoms with Crippen molar-refractivity contribution in [1.82, 2.24) is 4.98 Å². The third kappa shape index (κ3) is 4.33. The fraction of sp³-hybridized carbons (Fsp3) is 0.500. The molecule has 1 aromatic heterocycles. The van der Waals surface area contributed by atoms with Gasteiger partial charge in [-0.2, -0.15) is 0 Å². The number of nitrogens with zero attached hydrogens (tertiary/aromatic N) is 2. The number of alkyl halides is 1. The van der Waals surface area contributed by atoms with Gasteiger partial charge in [-0.25, -0.2) is 9.37 Å². The molecule has 0 aliphatic carbocycles. The summed E-state index contributed by atoms with van der Waals surface area (Å²) >= 11 is 1.72. The monoisotopic (exact) mass is 334 g/mol. The van der Waals surface area contributed by atoms with Crippen molar-refractivity contribution in [3.63, 3.8) is 0 Å². The quantitative estimate of drug-likeness (QED) is 0.483. The molecule has 18 heavy (non-hydrogen) atoms. The molecule has 0 aliphatic heterocycles. The Labute approximate surface area is 118 Å². The maximum Gasteiger partial charge on any atom is 0.151 e. The summed E-state index contributed by atoms with van der Waals surface area (Å²) in [5.41, 5.74) is 0.515. The second-order valence-corrected chi connectivity index (χ2v) is 7.52. The summed E-state index contributed by atoms with van der Waals surface area (Å²) in [4.78, 5) is 4.14. The van der Waals surface area contributed by atoms with Crippen molar-refractivity contribution in [2.24, 2.45) is 4.40 Å². The van der Waals surface area contributed by atoms with Gasteiger partial charge in [-0.15, -0.1) is 0 Å². The summed E-state index contributed by atoms with van der Waals surface area (Å²) in [5.74, 6) is 0. The van der Waals surface area contributed by atoms with Crippen LogP contribution >= 0.6 is 15.9 Å². The molecule has 1 heterocycles. The van der Waals surface area contributed by atoms with Crippen molar-refractivity contribution in [1.29, 1.82) is 0 Å². The third-order valence-electron chi connectivity index (χ3n) is 2.06. The number of rotatable bonds is 3. The van der Waals surface area contributed by atoms with Gasteiger partial charge in [0.25, 0.3) is 0 Å². The summed E-state index contributed by atoms with van der Waals surface area (Å²) in [6.07, 6.45) is -1.32. The molecule has 2 atom stereocenters. The molecule has 3 nitrogen and oxygen atoms in total. The predicted octanol–water partition coefficient (Wildman–Crippen LogP) is 3.45. The van der Waals surface area contributed by atoms with E-state index < -0.39 is 22.3 Å². The smallest absolute Gasteiger partial charge is 0.151 e. The minimum absolute atomic E-state index is 0.115. The van der Waals surface area contributed by atoms with Crippen molar-refractivity contribution < 1.29 is 8.94 Å². The number of halogens is 2. The molecule has 1 aromatic rings. The molecular formula is C12H16BrFN2OS. The molecule has 1 rings (SSSR count). The Kier molecular flexibility index (Phi) is 5.31. The Hall–Kier alpha value is -0.460. The lowest BCUT2D eigenvalue weighted by molar-refractivity contribution is 0.454.